The third-order valence-electron chi connectivity index (χ3n) is 9.33. The van der Waals surface area contributed by atoms with Crippen LogP contribution < -0.4 is 14.4 Å². The zero-order chi connectivity index (χ0) is 25.3. The second-order valence-corrected chi connectivity index (χ2v) is 10.6. The standard InChI is InChI=1S/C29H34N2O5/c1-5-27-14-9-16-31-17-15-28(23(27)31)21-13-12-20(34-3)18-22(21)30(2)24(28)29(33,26(32)35-4)25(27)36-19-10-7-6-8-11-19/h6-14,18,23-25,33H,5,15-17H2,1-4H3/t23-,24-,25+,27+,28+,29-/m0/s1. The van der Waals surface area contributed by atoms with Crippen LogP contribution in [0.5, 0.6) is 11.5 Å². The molecule has 1 saturated carbocycles. The minimum Gasteiger partial charge on any atom is -0.497 e. The molecule has 0 aromatic heterocycles. The van der Waals surface area contributed by atoms with Crippen LogP contribution in [0.3, 0.4) is 0 Å². The summed E-state index contributed by atoms with van der Waals surface area (Å²) >= 11 is 0. The first kappa shape index (κ1) is 23.4. The van der Waals surface area contributed by atoms with E-state index in [1.54, 1.807) is 7.11 Å². The van der Waals surface area contributed by atoms with Gasteiger partial charge in [-0.1, -0.05) is 43.3 Å². The summed E-state index contributed by atoms with van der Waals surface area (Å²) in [5.41, 5.74) is -0.918. The number of hydrogen-bond acceptors (Lipinski definition) is 7. The zero-order valence-electron chi connectivity index (χ0n) is 21.3. The number of carbonyl (C=O) groups is 1. The molecule has 0 amide bonds. The Kier molecular flexibility index (Phi) is 5.18. The molecular formula is C29H34N2O5. The summed E-state index contributed by atoms with van der Waals surface area (Å²) in [6.45, 7) is 3.85. The first-order valence-corrected chi connectivity index (χ1v) is 12.7. The summed E-state index contributed by atoms with van der Waals surface area (Å²) in [7, 11) is 4.97. The summed E-state index contributed by atoms with van der Waals surface area (Å²) in [6.07, 6.45) is 5.05. The van der Waals surface area contributed by atoms with Gasteiger partial charge < -0.3 is 24.2 Å². The van der Waals surface area contributed by atoms with Gasteiger partial charge >= 0.3 is 5.97 Å². The summed E-state index contributed by atoms with van der Waals surface area (Å²) in [5.74, 6) is 0.700. The fraction of sp³-hybridized carbons (Fsp3) is 0.483. The molecule has 1 spiro atoms. The van der Waals surface area contributed by atoms with E-state index in [0.717, 1.165) is 36.5 Å². The van der Waals surface area contributed by atoms with E-state index < -0.39 is 34.5 Å². The Morgan fingerprint density at radius 2 is 1.89 bits per heavy atom. The van der Waals surface area contributed by atoms with Gasteiger partial charge in [-0.05, 0) is 43.1 Å². The van der Waals surface area contributed by atoms with Crippen molar-refractivity contribution >= 4 is 11.7 Å². The van der Waals surface area contributed by atoms with Gasteiger partial charge in [0.2, 0.25) is 5.60 Å². The van der Waals surface area contributed by atoms with Crippen LogP contribution in [0.25, 0.3) is 0 Å². The molecule has 2 fully saturated rings. The van der Waals surface area contributed by atoms with Gasteiger partial charge in [0.15, 0.2) is 6.10 Å². The third-order valence-corrected chi connectivity index (χ3v) is 9.33. The number of anilines is 1. The lowest BCUT2D eigenvalue weighted by Gasteiger charge is -2.63. The van der Waals surface area contributed by atoms with E-state index in [2.05, 4.69) is 34.9 Å². The van der Waals surface area contributed by atoms with Gasteiger partial charge in [0.25, 0.3) is 0 Å². The molecule has 0 radical (unpaired) electrons. The van der Waals surface area contributed by atoms with Crippen LogP contribution in [-0.4, -0.2) is 74.1 Å². The molecule has 0 unspecified atom stereocenters. The maximum atomic E-state index is 13.8. The normalized spacial score (nSPS) is 36.1. The molecule has 3 heterocycles. The maximum absolute atomic E-state index is 13.8. The average Bonchev–Trinajstić information content (AvgIpc) is 3.43. The molecule has 4 aliphatic rings. The summed E-state index contributed by atoms with van der Waals surface area (Å²) < 4.78 is 17.6. The van der Waals surface area contributed by atoms with E-state index in [9.17, 15) is 9.90 Å². The quantitative estimate of drug-likeness (QED) is 0.510. The van der Waals surface area contributed by atoms with Crippen LogP contribution in [0.15, 0.2) is 60.7 Å². The monoisotopic (exact) mass is 490 g/mol. The molecule has 36 heavy (non-hydrogen) atoms. The van der Waals surface area contributed by atoms with Gasteiger partial charge in [0.1, 0.15) is 11.5 Å². The highest BCUT2D eigenvalue weighted by Crippen LogP contribution is 2.67. The van der Waals surface area contributed by atoms with E-state index in [0.29, 0.717) is 12.2 Å². The first-order valence-electron chi connectivity index (χ1n) is 12.7. The number of ether oxygens (including phenoxy) is 3. The molecule has 6 rings (SSSR count). The van der Waals surface area contributed by atoms with E-state index in [1.807, 2.05) is 49.5 Å². The number of methoxy groups -OCH3 is 2. The van der Waals surface area contributed by atoms with Gasteiger partial charge in [-0.3, -0.25) is 4.90 Å². The summed E-state index contributed by atoms with van der Waals surface area (Å²) in [5, 5.41) is 12.8. The molecule has 2 aromatic rings. The lowest BCUT2D eigenvalue weighted by atomic mass is 9.47. The Labute approximate surface area is 212 Å². The molecule has 190 valence electrons. The van der Waals surface area contributed by atoms with Gasteiger partial charge in [-0.25, -0.2) is 4.79 Å². The third kappa shape index (κ3) is 2.68. The van der Waals surface area contributed by atoms with Crippen LogP contribution in [0.1, 0.15) is 25.3 Å². The second-order valence-electron chi connectivity index (χ2n) is 10.6. The Hall–Kier alpha value is -3.03. The molecule has 3 aliphatic heterocycles. The van der Waals surface area contributed by atoms with Crippen molar-refractivity contribution in [1.82, 2.24) is 4.90 Å². The highest BCUT2D eigenvalue weighted by Gasteiger charge is 2.80. The fourth-order valence-corrected chi connectivity index (χ4v) is 8.14. The highest BCUT2D eigenvalue weighted by molar-refractivity contribution is 5.86. The smallest absolute Gasteiger partial charge is 0.344 e. The molecule has 1 saturated heterocycles. The van der Waals surface area contributed by atoms with Crippen LogP contribution in [0, 0.1) is 5.41 Å². The van der Waals surface area contributed by atoms with Crippen LogP contribution in [-0.2, 0) is 14.9 Å². The minimum atomic E-state index is -1.93. The first-order chi connectivity index (χ1) is 17.4. The maximum Gasteiger partial charge on any atom is 0.344 e. The van der Waals surface area contributed by atoms with Crippen LogP contribution >= 0.6 is 0 Å². The lowest BCUT2D eigenvalue weighted by molar-refractivity contribution is -0.212. The van der Waals surface area contributed by atoms with Crippen LogP contribution in [0.2, 0.25) is 0 Å². The largest absolute Gasteiger partial charge is 0.497 e. The number of hydrogen-bond donors (Lipinski definition) is 1. The number of aliphatic hydroxyl groups is 1. The van der Waals surface area contributed by atoms with Crippen molar-refractivity contribution in [3.63, 3.8) is 0 Å². The van der Waals surface area contributed by atoms with E-state index >= 15 is 0 Å². The average molecular weight is 491 g/mol. The van der Waals surface area contributed by atoms with Crippen molar-refractivity contribution in [3.05, 3.63) is 66.2 Å². The van der Waals surface area contributed by atoms with E-state index in [1.165, 1.54) is 7.11 Å². The molecule has 7 nitrogen and oxygen atoms in total. The Bertz CT molecular complexity index is 1220. The topological polar surface area (TPSA) is 71.5 Å². The fourth-order valence-electron chi connectivity index (χ4n) is 8.14. The molecular weight excluding hydrogens is 456 g/mol. The Morgan fingerprint density at radius 3 is 2.58 bits per heavy atom. The molecule has 1 aliphatic carbocycles. The van der Waals surface area contributed by atoms with Gasteiger partial charge in [-0.15, -0.1) is 0 Å². The van der Waals surface area contributed by atoms with Gasteiger partial charge in [0.05, 0.1) is 20.3 Å². The van der Waals surface area contributed by atoms with E-state index in [-0.39, 0.29) is 6.04 Å². The zero-order valence-corrected chi connectivity index (χ0v) is 21.3. The predicted octanol–water partition coefficient (Wildman–Crippen LogP) is 3.16. The van der Waals surface area contributed by atoms with Crippen molar-refractivity contribution in [2.75, 3.05) is 39.3 Å². The SMILES string of the molecule is CC[C@]12C=CCN3CC[C@@]4(c5ccc(OC)cc5N(C)[C@@H]4[C@@](O)(C(=O)OC)[C@@H]1Oc1ccccc1)[C@@H]32. The van der Waals surface area contributed by atoms with Gasteiger partial charge in [0, 0.05) is 42.2 Å². The number of carbonyl (C=O) groups excluding carboxylic acids is 1. The molecule has 6 atom stereocenters. The minimum absolute atomic E-state index is 0.0424. The molecule has 0 bridgehead atoms. The van der Waals surface area contributed by atoms with Crippen molar-refractivity contribution in [2.24, 2.45) is 5.41 Å². The summed E-state index contributed by atoms with van der Waals surface area (Å²) in [6, 6.07) is 15.1. The Morgan fingerprint density at radius 1 is 1.11 bits per heavy atom. The summed E-state index contributed by atoms with van der Waals surface area (Å²) in [4.78, 5) is 18.4. The van der Waals surface area contributed by atoms with Gasteiger partial charge in [-0.2, -0.15) is 0 Å². The molecule has 1 N–H and O–H groups in total. The number of esters is 1. The number of benzene rings is 2. The van der Waals surface area contributed by atoms with Crippen molar-refractivity contribution in [1.29, 1.82) is 0 Å². The second kappa shape index (κ2) is 7.98. The number of para-hydroxylation sites is 1. The molecule has 2 aromatic carbocycles. The molecule has 7 heteroatoms. The predicted molar refractivity (Wildman–Crippen MR) is 137 cm³/mol. The Balaban J connectivity index is 1.66. The van der Waals surface area contributed by atoms with Crippen molar-refractivity contribution < 1.29 is 24.1 Å². The van der Waals surface area contributed by atoms with E-state index in [4.69, 9.17) is 14.2 Å². The van der Waals surface area contributed by atoms with Crippen molar-refractivity contribution in [2.45, 2.75) is 49.0 Å². The van der Waals surface area contributed by atoms with Crippen molar-refractivity contribution in [3.8, 4) is 11.5 Å². The number of rotatable bonds is 5. The number of likely N-dealkylation sites (N-methyl/N-ethyl adjacent to an activating group) is 1. The number of fused-ring (bicyclic) bond motifs is 1. The lowest BCUT2D eigenvalue weighted by Crippen LogP contribution is -2.82. The highest BCUT2D eigenvalue weighted by atomic mass is 16.6. The van der Waals surface area contributed by atoms with Crippen LogP contribution in [0.4, 0.5) is 5.69 Å². The number of nitrogens with zero attached hydrogens (tertiary/aromatic N) is 2.